The van der Waals surface area contributed by atoms with Gasteiger partial charge in [0.1, 0.15) is 0 Å². The third-order valence-corrected chi connectivity index (χ3v) is 4.93. The van der Waals surface area contributed by atoms with Crippen LogP contribution in [0.15, 0.2) is 17.9 Å². The molecule has 1 saturated heterocycles. The number of hydrogen-bond acceptors (Lipinski definition) is 6. The molecule has 2 rings (SSSR count). The second kappa shape index (κ2) is 7.14. The molecule has 1 unspecified atom stereocenters. The molecule has 0 aromatic carbocycles. The third kappa shape index (κ3) is 4.59. The van der Waals surface area contributed by atoms with Gasteiger partial charge in [-0.2, -0.15) is 0 Å². The van der Waals surface area contributed by atoms with Crippen molar-refractivity contribution >= 4 is 17.9 Å². The van der Waals surface area contributed by atoms with E-state index in [0.717, 1.165) is 12.8 Å². The Labute approximate surface area is 148 Å². The third-order valence-electron chi connectivity index (χ3n) is 4.93. The standard InChI is InChI=1S/C19H26O6/c1-12(2)16(21)25-19(8-6-13(7-9-19)18(3,4)5)24-15-10-14(11-20)23-17(15)22/h13,15H,1,6-10H2,2-5H3. The van der Waals surface area contributed by atoms with Gasteiger partial charge in [-0.25, -0.2) is 14.4 Å². The Balaban J connectivity index is 2.17. The van der Waals surface area contributed by atoms with Gasteiger partial charge in [0.15, 0.2) is 17.8 Å². The second-order valence-electron chi connectivity index (χ2n) is 7.98. The topological polar surface area (TPSA) is 78.9 Å². The van der Waals surface area contributed by atoms with Crippen molar-refractivity contribution in [2.45, 2.75) is 71.7 Å². The van der Waals surface area contributed by atoms with Gasteiger partial charge in [-0.1, -0.05) is 27.4 Å². The molecular weight excluding hydrogens is 324 g/mol. The fourth-order valence-corrected chi connectivity index (χ4v) is 3.32. The number of hydrogen-bond donors (Lipinski definition) is 0. The summed E-state index contributed by atoms with van der Waals surface area (Å²) >= 11 is 0. The summed E-state index contributed by atoms with van der Waals surface area (Å²) in [7, 11) is 0. The lowest BCUT2D eigenvalue weighted by atomic mass is 9.71. The van der Waals surface area contributed by atoms with Crippen LogP contribution in [-0.4, -0.2) is 29.8 Å². The minimum Gasteiger partial charge on any atom is -0.430 e. The van der Waals surface area contributed by atoms with E-state index in [0.29, 0.717) is 18.8 Å². The van der Waals surface area contributed by atoms with Crippen LogP contribution in [0.25, 0.3) is 0 Å². The molecule has 2 fully saturated rings. The Morgan fingerprint density at radius 3 is 2.36 bits per heavy atom. The van der Waals surface area contributed by atoms with Crippen molar-refractivity contribution in [3.63, 3.8) is 0 Å². The monoisotopic (exact) mass is 350 g/mol. The number of ether oxygens (including phenoxy) is 3. The maximum Gasteiger partial charge on any atom is 0.341 e. The van der Waals surface area contributed by atoms with Gasteiger partial charge in [0.05, 0.1) is 6.42 Å². The molecule has 1 saturated carbocycles. The van der Waals surface area contributed by atoms with Gasteiger partial charge in [-0.3, -0.25) is 0 Å². The van der Waals surface area contributed by atoms with E-state index in [1.807, 2.05) is 0 Å². The second-order valence-corrected chi connectivity index (χ2v) is 7.98. The molecule has 6 nitrogen and oxygen atoms in total. The average Bonchev–Trinajstić information content (AvgIpc) is 2.86. The molecule has 0 bridgehead atoms. The minimum atomic E-state index is -1.19. The molecular formula is C19H26O6. The highest BCUT2D eigenvalue weighted by atomic mass is 16.7. The quantitative estimate of drug-likeness (QED) is 0.335. The predicted octanol–water partition coefficient (Wildman–Crippen LogP) is 3.09. The van der Waals surface area contributed by atoms with Crippen LogP contribution < -0.4 is 0 Å². The van der Waals surface area contributed by atoms with Crippen molar-refractivity contribution in [2.24, 2.45) is 11.3 Å². The smallest absolute Gasteiger partial charge is 0.341 e. The number of carbonyl (C=O) groups is 2. The first kappa shape index (κ1) is 19.4. The first-order chi connectivity index (χ1) is 11.6. The highest BCUT2D eigenvalue weighted by molar-refractivity contribution is 5.87. The van der Waals surface area contributed by atoms with Crippen LogP contribution in [0.2, 0.25) is 0 Å². The predicted molar refractivity (Wildman–Crippen MR) is 89.8 cm³/mol. The van der Waals surface area contributed by atoms with Crippen LogP contribution in [0, 0.1) is 11.3 Å². The van der Waals surface area contributed by atoms with Gasteiger partial charge in [0.2, 0.25) is 5.79 Å². The first-order valence-electron chi connectivity index (χ1n) is 8.59. The summed E-state index contributed by atoms with van der Waals surface area (Å²) < 4.78 is 16.3. The Bertz CT molecular complexity index is 612. The van der Waals surface area contributed by atoms with Crippen LogP contribution in [0.1, 0.15) is 59.8 Å². The molecule has 138 valence electrons. The number of carbonyl (C=O) groups excluding carboxylic acids is 3. The molecule has 1 aliphatic heterocycles. The maximum atomic E-state index is 12.1. The molecule has 0 N–H and O–H groups in total. The van der Waals surface area contributed by atoms with Crippen molar-refractivity contribution in [3.8, 4) is 0 Å². The first-order valence-corrected chi connectivity index (χ1v) is 8.59. The summed E-state index contributed by atoms with van der Waals surface area (Å²) in [5.74, 6) is -0.430. The van der Waals surface area contributed by atoms with E-state index in [9.17, 15) is 14.4 Å². The van der Waals surface area contributed by atoms with Gasteiger partial charge in [-0.15, -0.1) is 0 Å². The zero-order chi connectivity index (χ0) is 18.8. The summed E-state index contributed by atoms with van der Waals surface area (Å²) in [5.41, 5.74) is 0.410. The molecule has 0 radical (unpaired) electrons. The Hall–Kier alpha value is -1.91. The zero-order valence-electron chi connectivity index (χ0n) is 15.3. The SMILES string of the molecule is C=C(C)C(=O)OC1(OC2CC(=C=O)OC2=O)CCC(C(C)(C)C)CC1. The molecule has 2 aliphatic rings. The van der Waals surface area contributed by atoms with Crippen LogP contribution in [0.5, 0.6) is 0 Å². The molecule has 6 heteroatoms. The Kier molecular flexibility index (Phi) is 5.55. The molecule has 25 heavy (non-hydrogen) atoms. The lowest BCUT2D eigenvalue weighted by molar-refractivity contribution is -0.261. The maximum absolute atomic E-state index is 12.1. The average molecular weight is 350 g/mol. The van der Waals surface area contributed by atoms with Crippen LogP contribution in [0.4, 0.5) is 0 Å². The van der Waals surface area contributed by atoms with E-state index in [-0.39, 0.29) is 23.2 Å². The van der Waals surface area contributed by atoms with E-state index in [1.165, 1.54) is 0 Å². The number of rotatable bonds is 4. The van der Waals surface area contributed by atoms with Gasteiger partial charge in [-0.05, 0) is 31.1 Å². The number of esters is 2. The van der Waals surface area contributed by atoms with Crippen LogP contribution in [-0.2, 0) is 28.6 Å². The summed E-state index contributed by atoms with van der Waals surface area (Å²) in [6.07, 6.45) is 1.64. The fourth-order valence-electron chi connectivity index (χ4n) is 3.32. The van der Waals surface area contributed by atoms with Gasteiger partial charge in [0, 0.05) is 18.4 Å². The minimum absolute atomic E-state index is 0.0113. The van der Waals surface area contributed by atoms with Crippen LogP contribution in [0.3, 0.4) is 0 Å². The Morgan fingerprint density at radius 2 is 1.92 bits per heavy atom. The molecule has 0 aromatic rings. The molecule has 0 amide bonds. The van der Waals surface area contributed by atoms with E-state index < -0.39 is 23.8 Å². The molecule has 1 atom stereocenters. The van der Waals surface area contributed by atoms with Crippen molar-refractivity contribution < 1.29 is 28.6 Å². The normalized spacial score (nSPS) is 29.8. The van der Waals surface area contributed by atoms with Gasteiger partial charge < -0.3 is 14.2 Å². The molecule has 0 aromatic heterocycles. The summed E-state index contributed by atoms with van der Waals surface area (Å²) in [4.78, 5) is 34.7. The van der Waals surface area contributed by atoms with Crippen molar-refractivity contribution in [2.75, 3.05) is 0 Å². The van der Waals surface area contributed by atoms with Crippen LogP contribution >= 0.6 is 0 Å². The lowest BCUT2D eigenvalue weighted by Gasteiger charge is -2.43. The Morgan fingerprint density at radius 1 is 1.32 bits per heavy atom. The van der Waals surface area contributed by atoms with E-state index >= 15 is 0 Å². The van der Waals surface area contributed by atoms with Crippen molar-refractivity contribution in [1.29, 1.82) is 0 Å². The lowest BCUT2D eigenvalue weighted by Crippen LogP contribution is -2.46. The highest BCUT2D eigenvalue weighted by Crippen LogP contribution is 2.44. The molecule has 1 heterocycles. The van der Waals surface area contributed by atoms with Crippen molar-refractivity contribution in [1.82, 2.24) is 0 Å². The van der Waals surface area contributed by atoms with E-state index in [1.54, 1.807) is 12.9 Å². The largest absolute Gasteiger partial charge is 0.430 e. The van der Waals surface area contributed by atoms with Gasteiger partial charge in [0.25, 0.3) is 0 Å². The van der Waals surface area contributed by atoms with Crippen molar-refractivity contribution in [3.05, 3.63) is 17.9 Å². The fraction of sp³-hybridized carbons (Fsp3) is 0.684. The molecule has 1 aliphatic carbocycles. The highest BCUT2D eigenvalue weighted by Gasteiger charge is 2.47. The summed E-state index contributed by atoms with van der Waals surface area (Å²) in [6, 6.07) is 0. The summed E-state index contributed by atoms with van der Waals surface area (Å²) in [6.45, 7) is 11.7. The summed E-state index contributed by atoms with van der Waals surface area (Å²) in [5, 5.41) is 0. The zero-order valence-corrected chi connectivity index (χ0v) is 15.3. The van der Waals surface area contributed by atoms with E-state index in [2.05, 4.69) is 27.4 Å². The van der Waals surface area contributed by atoms with Gasteiger partial charge >= 0.3 is 11.9 Å². The molecule has 0 spiro atoms. The van der Waals surface area contributed by atoms with E-state index in [4.69, 9.17) is 14.2 Å². The number of cyclic esters (lactones) is 1.